The SMILES string of the molecule is Cc1oc(-c2ccc3ccccc3c2)nc1CCC(=O)c1ccc(CC2SC(=O)NC2=O)cc1. The third-order valence-corrected chi connectivity index (χ3v) is 6.92. The van der Waals surface area contributed by atoms with E-state index in [9.17, 15) is 14.4 Å². The molecule has 1 N–H and O–H groups in total. The van der Waals surface area contributed by atoms with Crippen LogP contribution in [0.2, 0.25) is 0 Å². The van der Waals surface area contributed by atoms with Crippen molar-refractivity contribution in [3.8, 4) is 11.5 Å². The highest BCUT2D eigenvalue weighted by Gasteiger charge is 2.31. The first-order chi connectivity index (χ1) is 16.5. The molecule has 0 radical (unpaired) electrons. The Balaban J connectivity index is 1.22. The van der Waals surface area contributed by atoms with Gasteiger partial charge in [-0.1, -0.05) is 66.4 Å². The summed E-state index contributed by atoms with van der Waals surface area (Å²) in [6.45, 7) is 1.87. The van der Waals surface area contributed by atoms with E-state index in [1.165, 1.54) is 0 Å². The maximum atomic E-state index is 12.7. The van der Waals surface area contributed by atoms with Crippen LogP contribution in [0, 0.1) is 6.92 Å². The Morgan fingerprint density at radius 1 is 1.03 bits per heavy atom. The van der Waals surface area contributed by atoms with Crippen LogP contribution in [-0.2, 0) is 17.6 Å². The van der Waals surface area contributed by atoms with Gasteiger partial charge >= 0.3 is 0 Å². The zero-order valence-electron chi connectivity index (χ0n) is 18.5. The van der Waals surface area contributed by atoms with Gasteiger partial charge < -0.3 is 4.42 Å². The fourth-order valence-corrected chi connectivity index (χ4v) is 4.91. The van der Waals surface area contributed by atoms with E-state index in [1.54, 1.807) is 12.1 Å². The maximum absolute atomic E-state index is 12.7. The molecular formula is C27H22N2O4S. The average Bonchev–Trinajstić information content (AvgIpc) is 3.37. The average molecular weight is 471 g/mol. The number of benzene rings is 3. The Morgan fingerprint density at radius 3 is 2.53 bits per heavy atom. The summed E-state index contributed by atoms with van der Waals surface area (Å²) in [5.41, 5.74) is 3.21. The Labute approximate surface area is 200 Å². The first kappa shape index (κ1) is 22.1. The summed E-state index contributed by atoms with van der Waals surface area (Å²) in [5.74, 6) is 1.03. The highest BCUT2D eigenvalue weighted by molar-refractivity contribution is 8.15. The number of rotatable bonds is 7. The van der Waals surface area contributed by atoms with E-state index < -0.39 is 5.25 Å². The van der Waals surface area contributed by atoms with E-state index in [1.807, 2.05) is 43.3 Å². The number of nitrogens with zero attached hydrogens (tertiary/aromatic N) is 1. The van der Waals surface area contributed by atoms with Gasteiger partial charge in [0.1, 0.15) is 5.76 Å². The molecule has 6 nitrogen and oxygen atoms in total. The zero-order chi connectivity index (χ0) is 23.7. The lowest BCUT2D eigenvalue weighted by Gasteiger charge is -2.06. The van der Waals surface area contributed by atoms with Gasteiger partial charge in [-0.2, -0.15) is 0 Å². The summed E-state index contributed by atoms with van der Waals surface area (Å²) in [7, 11) is 0. The molecule has 1 aromatic heterocycles. The van der Waals surface area contributed by atoms with E-state index in [0.29, 0.717) is 36.5 Å². The minimum atomic E-state index is -0.416. The zero-order valence-corrected chi connectivity index (χ0v) is 19.4. The molecule has 0 saturated carbocycles. The minimum absolute atomic E-state index is 0.0179. The van der Waals surface area contributed by atoms with Crippen LogP contribution in [0.25, 0.3) is 22.2 Å². The second-order valence-corrected chi connectivity index (χ2v) is 9.47. The molecule has 3 aromatic carbocycles. The van der Waals surface area contributed by atoms with Gasteiger partial charge in [-0.15, -0.1) is 0 Å². The smallest absolute Gasteiger partial charge is 0.286 e. The fourth-order valence-electron chi connectivity index (χ4n) is 4.05. The number of imide groups is 1. The van der Waals surface area contributed by atoms with Gasteiger partial charge in [0, 0.05) is 24.0 Å². The molecule has 1 aliphatic heterocycles. The molecule has 5 rings (SSSR count). The first-order valence-corrected chi connectivity index (χ1v) is 11.9. The van der Waals surface area contributed by atoms with Crippen molar-refractivity contribution in [3.05, 3.63) is 89.3 Å². The number of aromatic nitrogens is 1. The molecule has 0 bridgehead atoms. The Kier molecular flexibility index (Phi) is 6.02. The topological polar surface area (TPSA) is 89.3 Å². The third-order valence-electron chi connectivity index (χ3n) is 5.94. The van der Waals surface area contributed by atoms with Crippen LogP contribution in [0.4, 0.5) is 4.79 Å². The van der Waals surface area contributed by atoms with E-state index >= 15 is 0 Å². The molecule has 7 heteroatoms. The van der Waals surface area contributed by atoms with Gasteiger partial charge in [-0.3, -0.25) is 19.7 Å². The lowest BCUT2D eigenvalue weighted by molar-refractivity contribution is -0.118. The standard InChI is InChI=1S/C27H22N2O4S/c1-16-22(28-26(33-16)21-11-10-18-4-2-3-5-20(18)15-21)12-13-23(30)19-8-6-17(7-9-19)14-24-25(31)29-27(32)34-24/h2-11,15,24H,12-14H2,1H3,(H,29,31,32). The molecule has 0 spiro atoms. The number of nitrogens with one attached hydrogen (secondary N) is 1. The van der Waals surface area contributed by atoms with Gasteiger partial charge in [0.25, 0.3) is 5.24 Å². The van der Waals surface area contributed by atoms with Crippen LogP contribution in [0.5, 0.6) is 0 Å². The normalized spacial score (nSPS) is 15.6. The third kappa shape index (κ3) is 4.65. The number of carbonyl (C=O) groups excluding carboxylic acids is 3. The molecule has 2 amide bonds. The van der Waals surface area contributed by atoms with Crippen molar-refractivity contribution < 1.29 is 18.8 Å². The highest BCUT2D eigenvalue weighted by atomic mass is 32.2. The number of ketones is 1. The molecule has 170 valence electrons. The number of aryl methyl sites for hydroxylation is 2. The molecule has 4 aromatic rings. The Hall–Kier alpha value is -3.71. The van der Waals surface area contributed by atoms with Gasteiger partial charge in [-0.25, -0.2) is 4.98 Å². The van der Waals surface area contributed by atoms with Gasteiger partial charge in [0.05, 0.1) is 10.9 Å². The summed E-state index contributed by atoms with van der Waals surface area (Å²) in [5, 5.41) is 3.84. The number of Topliss-reactive ketones (excluding diaryl/α,β-unsaturated/α-hetero) is 1. The number of oxazole rings is 1. The minimum Gasteiger partial charge on any atom is -0.441 e. The van der Waals surface area contributed by atoms with Crippen molar-refractivity contribution in [1.82, 2.24) is 10.3 Å². The van der Waals surface area contributed by atoms with Crippen LogP contribution < -0.4 is 5.32 Å². The molecule has 1 unspecified atom stereocenters. The van der Waals surface area contributed by atoms with E-state index in [4.69, 9.17) is 4.42 Å². The summed E-state index contributed by atoms with van der Waals surface area (Å²) < 4.78 is 5.90. The predicted molar refractivity (Wildman–Crippen MR) is 132 cm³/mol. The van der Waals surface area contributed by atoms with Gasteiger partial charge in [0.15, 0.2) is 5.78 Å². The van der Waals surface area contributed by atoms with E-state index in [0.717, 1.165) is 39.4 Å². The van der Waals surface area contributed by atoms with E-state index in [-0.39, 0.29) is 16.9 Å². The molecule has 1 fully saturated rings. The van der Waals surface area contributed by atoms with Crippen LogP contribution in [0.3, 0.4) is 0 Å². The lowest BCUT2D eigenvalue weighted by Crippen LogP contribution is -2.25. The Bertz CT molecular complexity index is 1410. The van der Waals surface area contributed by atoms with Crippen LogP contribution in [0.1, 0.15) is 33.8 Å². The van der Waals surface area contributed by atoms with Crippen molar-refractivity contribution in [2.45, 2.75) is 31.4 Å². The van der Waals surface area contributed by atoms with Crippen molar-refractivity contribution in [2.24, 2.45) is 0 Å². The molecule has 0 aliphatic carbocycles. The maximum Gasteiger partial charge on any atom is 0.286 e. The molecule has 1 atom stereocenters. The van der Waals surface area contributed by atoms with E-state index in [2.05, 4.69) is 28.5 Å². The van der Waals surface area contributed by atoms with Crippen molar-refractivity contribution >= 4 is 39.5 Å². The van der Waals surface area contributed by atoms with Gasteiger partial charge in [0.2, 0.25) is 11.8 Å². The number of thioether (sulfide) groups is 1. The highest BCUT2D eigenvalue weighted by Crippen LogP contribution is 2.27. The molecule has 34 heavy (non-hydrogen) atoms. The van der Waals surface area contributed by atoms with Gasteiger partial charge in [-0.05, 0) is 41.8 Å². The van der Waals surface area contributed by atoms with Crippen molar-refractivity contribution in [2.75, 3.05) is 0 Å². The number of hydrogen-bond donors (Lipinski definition) is 1. The second kappa shape index (κ2) is 9.27. The molecule has 1 saturated heterocycles. The monoisotopic (exact) mass is 470 g/mol. The fraction of sp³-hybridized carbons (Fsp3) is 0.185. The lowest BCUT2D eigenvalue weighted by atomic mass is 10.0. The van der Waals surface area contributed by atoms with Crippen LogP contribution >= 0.6 is 11.8 Å². The quantitative estimate of drug-likeness (QED) is 0.358. The predicted octanol–water partition coefficient (Wildman–Crippen LogP) is 5.51. The number of fused-ring (bicyclic) bond motifs is 1. The number of carbonyl (C=O) groups is 3. The molecule has 1 aliphatic rings. The molecule has 2 heterocycles. The summed E-state index contributed by atoms with van der Waals surface area (Å²) >= 11 is 1.00. The molecular weight excluding hydrogens is 448 g/mol. The summed E-state index contributed by atoms with van der Waals surface area (Å²) in [6.07, 6.45) is 1.26. The number of hydrogen-bond acceptors (Lipinski definition) is 6. The number of amides is 2. The largest absolute Gasteiger partial charge is 0.441 e. The van der Waals surface area contributed by atoms with Crippen molar-refractivity contribution in [3.63, 3.8) is 0 Å². The van der Waals surface area contributed by atoms with Crippen LogP contribution in [-0.4, -0.2) is 27.2 Å². The summed E-state index contributed by atoms with van der Waals surface area (Å²) in [4.78, 5) is 40.4. The summed E-state index contributed by atoms with van der Waals surface area (Å²) in [6, 6.07) is 21.4. The second-order valence-electron chi connectivity index (χ2n) is 8.29. The first-order valence-electron chi connectivity index (χ1n) is 11.1. The van der Waals surface area contributed by atoms with Crippen molar-refractivity contribution in [1.29, 1.82) is 0 Å². The Morgan fingerprint density at radius 2 is 1.79 bits per heavy atom. The van der Waals surface area contributed by atoms with Crippen LogP contribution in [0.15, 0.2) is 71.1 Å².